The van der Waals surface area contributed by atoms with Crippen LogP contribution < -0.4 is 5.32 Å². The average molecular weight is 297 g/mol. The maximum Gasteiger partial charge on any atom is 0.123 e. The second-order valence-electron chi connectivity index (χ2n) is 7.23. The summed E-state index contributed by atoms with van der Waals surface area (Å²) in [6, 6.07) is 11.6. The molecule has 2 aromatic rings. The van der Waals surface area contributed by atoms with E-state index in [1.165, 1.54) is 23.2 Å². The fourth-order valence-electron chi connectivity index (χ4n) is 3.78. The van der Waals surface area contributed by atoms with Crippen molar-refractivity contribution in [1.82, 2.24) is 0 Å². The smallest absolute Gasteiger partial charge is 0.123 e. The van der Waals surface area contributed by atoms with E-state index in [1.54, 1.807) is 12.1 Å². The van der Waals surface area contributed by atoms with Crippen LogP contribution in [0.1, 0.15) is 38.3 Å². The van der Waals surface area contributed by atoms with Gasteiger partial charge in [0.25, 0.3) is 0 Å². The molecule has 1 unspecified atom stereocenters. The van der Waals surface area contributed by atoms with Gasteiger partial charge in [0.15, 0.2) is 0 Å². The van der Waals surface area contributed by atoms with Gasteiger partial charge in [-0.05, 0) is 65.8 Å². The molecule has 1 nitrogen and oxygen atoms in total. The zero-order valence-electron chi connectivity index (χ0n) is 13.8. The lowest BCUT2D eigenvalue weighted by atomic mass is 9.77. The van der Waals surface area contributed by atoms with Crippen LogP contribution in [0.4, 0.5) is 10.1 Å². The third-order valence-electron chi connectivity index (χ3n) is 4.70. The highest BCUT2D eigenvalue weighted by Gasteiger charge is 2.35. The first-order chi connectivity index (χ1) is 10.4. The van der Waals surface area contributed by atoms with Crippen molar-refractivity contribution in [1.29, 1.82) is 0 Å². The van der Waals surface area contributed by atoms with E-state index < -0.39 is 0 Å². The topological polar surface area (TPSA) is 12.0 Å². The van der Waals surface area contributed by atoms with Gasteiger partial charge in [-0.1, -0.05) is 32.9 Å². The van der Waals surface area contributed by atoms with E-state index in [-0.39, 0.29) is 11.2 Å². The third kappa shape index (κ3) is 2.63. The molecule has 0 amide bonds. The Bertz CT molecular complexity index is 705. The summed E-state index contributed by atoms with van der Waals surface area (Å²) in [4.78, 5) is 0. The molecule has 0 aliphatic carbocycles. The van der Waals surface area contributed by atoms with Crippen molar-refractivity contribution in [2.75, 3.05) is 11.9 Å². The van der Waals surface area contributed by atoms with Crippen LogP contribution in [0.25, 0.3) is 11.1 Å². The number of nitrogens with one attached hydrogen (secondary N) is 1. The highest BCUT2D eigenvalue weighted by atomic mass is 19.1. The minimum atomic E-state index is -0.172. The minimum absolute atomic E-state index is 0.172. The molecule has 0 spiro atoms. The zero-order valence-corrected chi connectivity index (χ0v) is 13.8. The fraction of sp³-hybridized carbons (Fsp3) is 0.400. The number of hydrogen-bond acceptors (Lipinski definition) is 1. The van der Waals surface area contributed by atoms with Gasteiger partial charge in [-0.25, -0.2) is 4.39 Å². The van der Waals surface area contributed by atoms with Crippen LogP contribution in [-0.2, 0) is 5.41 Å². The number of anilines is 1. The number of hydrogen-bond donors (Lipinski definition) is 1. The molecule has 3 rings (SSSR count). The summed E-state index contributed by atoms with van der Waals surface area (Å²) in [5.41, 5.74) is 6.08. The lowest BCUT2D eigenvalue weighted by Crippen LogP contribution is -2.26. The quantitative estimate of drug-likeness (QED) is 0.785. The van der Waals surface area contributed by atoms with Gasteiger partial charge in [0.05, 0.1) is 0 Å². The Morgan fingerprint density at radius 3 is 2.64 bits per heavy atom. The van der Waals surface area contributed by atoms with Crippen LogP contribution in [-0.4, -0.2) is 6.54 Å². The molecule has 1 atom stereocenters. The first-order valence-electron chi connectivity index (χ1n) is 8.04. The predicted molar refractivity (Wildman–Crippen MR) is 91.9 cm³/mol. The normalized spacial score (nSPS) is 20.1. The highest BCUT2D eigenvalue weighted by Crippen LogP contribution is 2.42. The first kappa shape index (κ1) is 15.1. The zero-order chi connectivity index (χ0) is 15.9. The van der Waals surface area contributed by atoms with Gasteiger partial charge in [0.2, 0.25) is 0 Å². The van der Waals surface area contributed by atoms with Crippen molar-refractivity contribution >= 4 is 5.69 Å². The Balaban J connectivity index is 2.05. The summed E-state index contributed by atoms with van der Waals surface area (Å²) < 4.78 is 13.3. The van der Waals surface area contributed by atoms with Crippen LogP contribution >= 0.6 is 0 Å². The Morgan fingerprint density at radius 1 is 1.18 bits per heavy atom. The van der Waals surface area contributed by atoms with Crippen molar-refractivity contribution in [3.8, 4) is 11.1 Å². The van der Waals surface area contributed by atoms with Crippen LogP contribution in [0.15, 0.2) is 36.4 Å². The number of halogens is 1. The maximum absolute atomic E-state index is 13.3. The van der Waals surface area contributed by atoms with E-state index in [2.05, 4.69) is 44.3 Å². The number of aryl methyl sites for hydroxylation is 1. The molecule has 22 heavy (non-hydrogen) atoms. The molecule has 1 aliphatic heterocycles. The summed E-state index contributed by atoms with van der Waals surface area (Å²) >= 11 is 0. The molecular formula is C20H24FN. The second kappa shape index (κ2) is 5.42. The van der Waals surface area contributed by atoms with E-state index >= 15 is 0 Å². The molecule has 0 saturated carbocycles. The largest absolute Gasteiger partial charge is 0.384 e. The molecule has 0 fully saturated rings. The lowest BCUT2D eigenvalue weighted by Gasteiger charge is -2.26. The molecule has 1 N–H and O–H groups in total. The van der Waals surface area contributed by atoms with Crippen LogP contribution in [0.5, 0.6) is 0 Å². The second-order valence-corrected chi connectivity index (χ2v) is 7.23. The number of fused-ring (bicyclic) bond motifs is 1. The summed E-state index contributed by atoms with van der Waals surface area (Å²) in [7, 11) is 0. The van der Waals surface area contributed by atoms with E-state index in [0.29, 0.717) is 5.92 Å². The summed E-state index contributed by atoms with van der Waals surface area (Å²) in [5.74, 6) is 0.489. The molecular weight excluding hydrogens is 273 g/mol. The van der Waals surface area contributed by atoms with Gasteiger partial charge in [-0.15, -0.1) is 0 Å². The van der Waals surface area contributed by atoms with Crippen molar-refractivity contribution < 1.29 is 4.39 Å². The molecule has 116 valence electrons. The minimum Gasteiger partial charge on any atom is -0.384 e. The van der Waals surface area contributed by atoms with Gasteiger partial charge in [0, 0.05) is 17.6 Å². The van der Waals surface area contributed by atoms with E-state index in [0.717, 1.165) is 17.7 Å². The monoisotopic (exact) mass is 297 g/mol. The van der Waals surface area contributed by atoms with Gasteiger partial charge in [-0.2, -0.15) is 0 Å². The molecule has 2 aromatic carbocycles. The molecule has 0 saturated heterocycles. The van der Waals surface area contributed by atoms with E-state index in [9.17, 15) is 4.39 Å². The molecule has 0 bridgehead atoms. The van der Waals surface area contributed by atoms with Gasteiger partial charge in [0.1, 0.15) is 5.82 Å². The van der Waals surface area contributed by atoms with Crippen LogP contribution in [0.3, 0.4) is 0 Å². The van der Waals surface area contributed by atoms with Crippen LogP contribution in [0, 0.1) is 18.7 Å². The summed E-state index contributed by atoms with van der Waals surface area (Å²) in [6.45, 7) is 9.85. The molecule has 0 aromatic heterocycles. The molecule has 2 heteroatoms. The number of rotatable bonds is 3. The first-order valence-corrected chi connectivity index (χ1v) is 8.04. The highest BCUT2D eigenvalue weighted by molar-refractivity contribution is 5.73. The van der Waals surface area contributed by atoms with Gasteiger partial charge < -0.3 is 5.32 Å². The van der Waals surface area contributed by atoms with E-state index in [1.807, 2.05) is 13.0 Å². The molecule has 0 radical (unpaired) electrons. The predicted octanol–water partition coefficient (Wildman–Crippen LogP) is 5.53. The Labute approximate surface area is 132 Å². The van der Waals surface area contributed by atoms with Crippen molar-refractivity contribution in [2.24, 2.45) is 5.92 Å². The van der Waals surface area contributed by atoms with Crippen molar-refractivity contribution in [3.63, 3.8) is 0 Å². The third-order valence-corrected chi connectivity index (χ3v) is 4.70. The summed E-state index contributed by atoms with van der Waals surface area (Å²) in [6.07, 6.45) is 1.17. The Morgan fingerprint density at radius 2 is 1.95 bits per heavy atom. The fourth-order valence-corrected chi connectivity index (χ4v) is 3.78. The standard InChI is InChI=1S/C20H24FN/c1-13(2)11-20(4)12-22-19-8-5-15(10-18(19)20)17-7-6-16(21)9-14(17)3/h5-10,13,22H,11-12H2,1-4H3. The Hall–Kier alpha value is -1.83. The number of benzene rings is 2. The Kier molecular flexibility index (Phi) is 3.72. The lowest BCUT2D eigenvalue weighted by molar-refractivity contribution is 0.399. The van der Waals surface area contributed by atoms with Crippen molar-refractivity contribution in [2.45, 2.75) is 39.5 Å². The van der Waals surface area contributed by atoms with Gasteiger partial charge >= 0.3 is 0 Å². The summed E-state index contributed by atoms with van der Waals surface area (Å²) in [5, 5.41) is 3.54. The van der Waals surface area contributed by atoms with Crippen LogP contribution in [0.2, 0.25) is 0 Å². The van der Waals surface area contributed by atoms with Crippen molar-refractivity contribution in [3.05, 3.63) is 53.3 Å². The average Bonchev–Trinajstić information content (AvgIpc) is 2.75. The van der Waals surface area contributed by atoms with E-state index in [4.69, 9.17) is 0 Å². The SMILES string of the molecule is Cc1cc(F)ccc1-c1ccc2c(c1)C(C)(CC(C)C)CN2. The van der Waals surface area contributed by atoms with Gasteiger partial charge in [-0.3, -0.25) is 0 Å². The maximum atomic E-state index is 13.3. The molecule has 1 aliphatic rings. The molecule has 1 heterocycles.